The number of nitrogens with zero attached hydrogens (tertiary/aromatic N) is 1. The lowest BCUT2D eigenvalue weighted by Crippen LogP contribution is -2.48. The summed E-state index contributed by atoms with van der Waals surface area (Å²) in [6, 6.07) is 0.764. The van der Waals surface area contributed by atoms with Gasteiger partial charge in [-0.25, -0.2) is 0 Å². The van der Waals surface area contributed by atoms with Crippen LogP contribution in [0.25, 0.3) is 0 Å². The predicted molar refractivity (Wildman–Crippen MR) is 72.8 cm³/mol. The third kappa shape index (κ3) is 3.76. The average molecular weight is 225 g/mol. The summed E-state index contributed by atoms with van der Waals surface area (Å²) in [5.41, 5.74) is 0.406. The van der Waals surface area contributed by atoms with Crippen molar-refractivity contribution in [3.05, 3.63) is 0 Å². The zero-order valence-corrected chi connectivity index (χ0v) is 12.1. The van der Waals surface area contributed by atoms with Crippen LogP contribution in [0.15, 0.2) is 0 Å². The zero-order chi connectivity index (χ0) is 12.2. The first kappa shape index (κ1) is 14.0. The molecule has 1 nitrogen and oxygen atoms in total. The molecule has 1 rings (SSSR count). The molecular formula is C15H31N. The van der Waals surface area contributed by atoms with E-state index in [2.05, 4.69) is 39.5 Å². The number of rotatable bonds is 4. The molecule has 1 heterocycles. The normalized spacial score (nSPS) is 28.7. The van der Waals surface area contributed by atoms with E-state index in [1.54, 1.807) is 0 Å². The second-order valence-corrected chi connectivity index (χ2v) is 6.45. The van der Waals surface area contributed by atoms with E-state index in [9.17, 15) is 0 Å². The highest BCUT2D eigenvalue weighted by Gasteiger charge is 2.33. The summed E-state index contributed by atoms with van der Waals surface area (Å²) in [5.74, 6) is 0.901. The van der Waals surface area contributed by atoms with Gasteiger partial charge in [0.2, 0.25) is 0 Å². The molecule has 0 aromatic rings. The Kier molecular flexibility index (Phi) is 5.30. The lowest BCUT2D eigenvalue weighted by atomic mass is 9.89. The smallest absolute Gasteiger partial charge is 0.0158 e. The van der Waals surface area contributed by atoms with Crippen LogP contribution in [0.3, 0.4) is 0 Å². The molecule has 2 atom stereocenters. The minimum Gasteiger partial charge on any atom is -0.296 e. The molecule has 0 radical (unpaired) electrons. The molecule has 0 saturated carbocycles. The molecule has 1 fully saturated rings. The van der Waals surface area contributed by atoms with E-state index in [1.165, 1.54) is 45.1 Å². The Balaban J connectivity index is 2.61. The molecule has 0 aromatic heterocycles. The Morgan fingerprint density at radius 3 is 2.69 bits per heavy atom. The van der Waals surface area contributed by atoms with Crippen LogP contribution in [0.1, 0.15) is 73.1 Å². The van der Waals surface area contributed by atoms with Gasteiger partial charge in [-0.3, -0.25) is 4.90 Å². The highest BCUT2D eigenvalue weighted by atomic mass is 15.2. The molecule has 0 N–H and O–H groups in total. The Labute approximate surface area is 103 Å². The summed E-state index contributed by atoms with van der Waals surface area (Å²) >= 11 is 0. The van der Waals surface area contributed by atoms with E-state index in [0.29, 0.717) is 5.54 Å². The van der Waals surface area contributed by atoms with Gasteiger partial charge >= 0.3 is 0 Å². The molecule has 0 aliphatic carbocycles. The van der Waals surface area contributed by atoms with Crippen molar-refractivity contribution in [1.29, 1.82) is 0 Å². The van der Waals surface area contributed by atoms with E-state index in [0.717, 1.165) is 12.0 Å². The van der Waals surface area contributed by atoms with Crippen LogP contribution in [-0.4, -0.2) is 23.0 Å². The quantitative estimate of drug-likeness (QED) is 0.682. The summed E-state index contributed by atoms with van der Waals surface area (Å²) in [6.07, 6.45) is 8.25. The molecule has 16 heavy (non-hydrogen) atoms. The van der Waals surface area contributed by atoms with Crippen molar-refractivity contribution in [3.8, 4) is 0 Å². The molecular weight excluding hydrogens is 194 g/mol. The maximum atomic E-state index is 2.77. The maximum absolute atomic E-state index is 2.77. The SMILES string of the molecule is CCCCC(C)N1CCCC(C)CC1(C)C. The average Bonchev–Trinajstić information content (AvgIpc) is 2.32. The first-order chi connectivity index (χ1) is 7.47. The van der Waals surface area contributed by atoms with E-state index in [1.807, 2.05) is 0 Å². The first-order valence-corrected chi connectivity index (χ1v) is 7.24. The largest absolute Gasteiger partial charge is 0.296 e. The summed E-state index contributed by atoms with van der Waals surface area (Å²) in [4.78, 5) is 2.77. The van der Waals surface area contributed by atoms with E-state index in [-0.39, 0.29) is 0 Å². The van der Waals surface area contributed by atoms with Crippen LogP contribution < -0.4 is 0 Å². The minimum absolute atomic E-state index is 0.406. The molecule has 0 aromatic carbocycles. The molecule has 0 spiro atoms. The van der Waals surface area contributed by atoms with Crippen molar-refractivity contribution in [2.75, 3.05) is 6.54 Å². The molecule has 96 valence electrons. The summed E-state index contributed by atoms with van der Waals surface area (Å²) in [6.45, 7) is 13.3. The molecule has 0 amide bonds. The van der Waals surface area contributed by atoms with Crippen LogP contribution in [0.4, 0.5) is 0 Å². The van der Waals surface area contributed by atoms with E-state index < -0.39 is 0 Å². The lowest BCUT2D eigenvalue weighted by Gasteiger charge is -2.42. The first-order valence-electron chi connectivity index (χ1n) is 7.24. The van der Waals surface area contributed by atoms with Crippen molar-refractivity contribution in [1.82, 2.24) is 4.90 Å². The Morgan fingerprint density at radius 1 is 1.38 bits per heavy atom. The van der Waals surface area contributed by atoms with Crippen molar-refractivity contribution in [2.24, 2.45) is 5.92 Å². The van der Waals surface area contributed by atoms with Crippen LogP contribution in [0, 0.1) is 5.92 Å². The van der Waals surface area contributed by atoms with Gasteiger partial charge in [-0.15, -0.1) is 0 Å². The Bertz CT molecular complexity index is 198. The molecule has 1 aliphatic rings. The third-order valence-electron chi connectivity index (χ3n) is 4.23. The standard InChI is InChI=1S/C15H31N/c1-6-7-10-14(3)16-11-8-9-13(2)12-15(16,4)5/h13-14H,6-12H2,1-5H3. The summed E-state index contributed by atoms with van der Waals surface area (Å²) in [7, 11) is 0. The highest BCUT2D eigenvalue weighted by molar-refractivity contribution is 4.89. The van der Waals surface area contributed by atoms with Crippen LogP contribution in [0.2, 0.25) is 0 Å². The van der Waals surface area contributed by atoms with Gasteiger partial charge in [-0.1, -0.05) is 26.7 Å². The van der Waals surface area contributed by atoms with Gasteiger partial charge in [0.05, 0.1) is 0 Å². The monoisotopic (exact) mass is 225 g/mol. The van der Waals surface area contributed by atoms with Gasteiger partial charge in [0.15, 0.2) is 0 Å². The minimum atomic E-state index is 0.406. The van der Waals surface area contributed by atoms with Crippen molar-refractivity contribution >= 4 is 0 Å². The number of unbranched alkanes of at least 4 members (excludes halogenated alkanes) is 1. The van der Waals surface area contributed by atoms with Crippen LogP contribution in [-0.2, 0) is 0 Å². The fourth-order valence-electron chi connectivity index (χ4n) is 3.46. The molecule has 2 unspecified atom stereocenters. The van der Waals surface area contributed by atoms with Crippen molar-refractivity contribution in [3.63, 3.8) is 0 Å². The molecule has 0 bridgehead atoms. The van der Waals surface area contributed by atoms with Gasteiger partial charge in [-0.2, -0.15) is 0 Å². The Hall–Kier alpha value is -0.0400. The number of hydrogen-bond acceptors (Lipinski definition) is 1. The number of likely N-dealkylation sites (tertiary alicyclic amines) is 1. The highest BCUT2D eigenvalue weighted by Crippen LogP contribution is 2.32. The molecule has 1 heteroatoms. The van der Waals surface area contributed by atoms with Crippen LogP contribution >= 0.6 is 0 Å². The maximum Gasteiger partial charge on any atom is 0.0158 e. The Morgan fingerprint density at radius 2 is 2.06 bits per heavy atom. The molecule has 1 aliphatic heterocycles. The topological polar surface area (TPSA) is 3.24 Å². The van der Waals surface area contributed by atoms with Gasteiger partial charge < -0.3 is 0 Å². The van der Waals surface area contributed by atoms with Gasteiger partial charge in [0.25, 0.3) is 0 Å². The lowest BCUT2D eigenvalue weighted by molar-refractivity contribution is 0.0683. The zero-order valence-electron chi connectivity index (χ0n) is 12.1. The fraction of sp³-hybridized carbons (Fsp3) is 1.00. The van der Waals surface area contributed by atoms with Gasteiger partial charge in [0.1, 0.15) is 0 Å². The number of hydrogen-bond donors (Lipinski definition) is 0. The summed E-state index contributed by atoms with van der Waals surface area (Å²) < 4.78 is 0. The van der Waals surface area contributed by atoms with E-state index >= 15 is 0 Å². The second-order valence-electron chi connectivity index (χ2n) is 6.45. The van der Waals surface area contributed by atoms with Gasteiger partial charge in [-0.05, 0) is 58.9 Å². The van der Waals surface area contributed by atoms with Gasteiger partial charge in [0, 0.05) is 11.6 Å². The fourth-order valence-corrected chi connectivity index (χ4v) is 3.46. The summed E-state index contributed by atoms with van der Waals surface area (Å²) in [5, 5.41) is 0. The van der Waals surface area contributed by atoms with E-state index in [4.69, 9.17) is 0 Å². The van der Waals surface area contributed by atoms with Crippen molar-refractivity contribution < 1.29 is 0 Å². The predicted octanol–water partition coefficient (Wildman–Crippen LogP) is 4.47. The van der Waals surface area contributed by atoms with Crippen molar-refractivity contribution in [2.45, 2.75) is 84.7 Å². The molecule has 1 saturated heterocycles. The van der Waals surface area contributed by atoms with Crippen LogP contribution in [0.5, 0.6) is 0 Å². The second kappa shape index (κ2) is 6.05. The third-order valence-corrected chi connectivity index (χ3v) is 4.23.